The lowest BCUT2D eigenvalue weighted by atomic mass is 10.0. The molecule has 4 heteroatoms. The number of aromatic amines is 1. The Morgan fingerprint density at radius 1 is 1.29 bits per heavy atom. The molecule has 0 aliphatic carbocycles. The van der Waals surface area contributed by atoms with E-state index in [0.717, 1.165) is 35.7 Å². The van der Waals surface area contributed by atoms with Crippen LogP contribution in [0.4, 0.5) is 0 Å². The van der Waals surface area contributed by atoms with Gasteiger partial charge < -0.3 is 10.1 Å². The van der Waals surface area contributed by atoms with Crippen LogP contribution in [-0.2, 0) is 13.1 Å². The predicted molar refractivity (Wildman–Crippen MR) is 65.9 cm³/mol. The van der Waals surface area contributed by atoms with Gasteiger partial charge in [-0.25, -0.2) is 0 Å². The van der Waals surface area contributed by atoms with Crippen LogP contribution in [0.5, 0.6) is 5.75 Å². The number of H-pyrrole nitrogens is 1. The minimum absolute atomic E-state index is 0.886. The number of hydrogen-bond donors (Lipinski definition) is 2. The van der Waals surface area contributed by atoms with Crippen LogP contribution in [0.3, 0.4) is 0 Å². The van der Waals surface area contributed by atoms with E-state index < -0.39 is 0 Å². The zero-order valence-corrected chi connectivity index (χ0v) is 10.0. The molecule has 0 atom stereocenters. The van der Waals surface area contributed by atoms with Crippen molar-refractivity contribution in [2.75, 3.05) is 7.11 Å². The van der Waals surface area contributed by atoms with Crippen molar-refractivity contribution >= 4 is 0 Å². The zero-order chi connectivity index (χ0) is 11.8. The van der Waals surface area contributed by atoms with Gasteiger partial charge in [0.2, 0.25) is 0 Å². The van der Waals surface area contributed by atoms with Gasteiger partial charge in [-0.05, 0) is 30.7 Å². The van der Waals surface area contributed by atoms with Crippen LogP contribution < -0.4 is 10.1 Å². The van der Waals surface area contributed by atoms with E-state index in [4.69, 9.17) is 4.74 Å². The summed E-state index contributed by atoms with van der Waals surface area (Å²) >= 11 is 0. The van der Waals surface area contributed by atoms with Gasteiger partial charge in [-0.3, -0.25) is 5.10 Å². The lowest BCUT2D eigenvalue weighted by molar-refractivity contribution is 0.412. The average Bonchev–Trinajstić information content (AvgIpc) is 2.90. The van der Waals surface area contributed by atoms with E-state index in [-0.39, 0.29) is 0 Å². The molecule has 2 N–H and O–H groups in total. The van der Waals surface area contributed by atoms with Gasteiger partial charge in [-0.15, -0.1) is 0 Å². The standard InChI is InChI=1S/C13H15N3O/c1-8-5-9(3-4-12(8)17-2)13-10-6-14-7-11(10)15-16-13/h3-5,14H,6-7H2,1-2H3,(H,15,16). The van der Waals surface area contributed by atoms with Gasteiger partial charge >= 0.3 is 0 Å². The summed E-state index contributed by atoms with van der Waals surface area (Å²) < 4.78 is 5.27. The molecule has 0 saturated carbocycles. The Morgan fingerprint density at radius 2 is 2.18 bits per heavy atom. The van der Waals surface area contributed by atoms with Crippen molar-refractivity contribution in [1.29, 1.82) is 0 Å². The molecular formula is C13H15N3O. The highest BCUT2D eigenvalue weighted by atomic mass is 16.5. The number of benzene rings is 1. The molecule has 0 bridgehead atoms. The fourth-order valence-electron chi connectivity index (χ4n) is 2.31. The molecule has 0 radical (unpaired) electrons. The smallest absolute Gasteiger partial charge is 0.121 e. The molecule has 0 unspecified atom stereocenters. The van der Waals surface area contributed by atoms with Gasteiger partial charge in [-0.2, -0.15) is 5.10 Å². The number of hydrogen-bond acceptors (Lipinski definition) is 3. The van der Waals surface area contributed by atoms with Crippen molar-refractivity contribution in [2.45, 2.75) is 20.0 Å². The number of rotatable bonds is 2. The van der Waals surface area contributed by atoms with Gasteiger partial charge in [0.25, 0.3) is 0 Å². The Morgan fingerprint density at radius 3 is 2.94 bits per heavy atom. The second-order valence-corrected chi connectivity index (χ2v) is 4.32. The Bertz CT molecular complexity index is 560. The summed E-state index contributed by atoms with van der Waals surface area (Å²) in [5, 5.41) is 10.8. The van der Waals surface area contributed by atoms with Gasteiger partial charge in [0.15, 0.2) is 0 Å². The molecule has 4 nitrogen and oxygen atoms in total. The summed E-state index contributed by atoms with van der Waals surface area (Å²) in [6.07, 6.45) is 0. The third-order valence-corrected chi connectivity index (χ3v) is 3.22. The van der Waals surface area contributed by atoms with Crippen LogP contribution in [0.2, 0.25) is 0 Å². The van der Waals surface area contributed by atoms with Crippen molar-refractivity contribution in [3.05, 3.63) is 35.0 Å². The largest absolute Gasteiger partial charge is 0.496 e. The highest BCUT2D eigenvalue weighted by molar-refractivity contribution is 5.66. The Kier molecular flexibility index (Phi) is 2.37. The minimum Gasteiger partial charge on any atom is -0.496 e. The van der Waals surface area contributed by atoms with E-state index in [1.54, 1.807) is 7.11 Å². The number of aryl methyl sites for hydroxylation is 1. The van der Waals surface area contributed by atoms with Gasteiger partial charge in [0.05, 0.1) is 18.5 Å². The van der Waals surface area contributed by atoms with Crippen LogP contribution in [0, 0.1) is 6.92 Å². The van der Waals surface area contributed by atoms with Crippen molar-refractivity contribution in [3.63, 3.8) is 0 Å². The van der Waals surface area contributed by atoms with Crippen LogP contribution in [0.25, 0.3) is 11.3 Å². The molecule has 2 heterocycles. The van der Waals surface area contributed by atoms with Gasteiger partial charge in [-0.1, -0.05) is 0 Å². The number of nitrogens with one attached hydrogen (secondary N) is 2. The Hall–Kier alpha value is -1.81. The first-order valence-corrected chi connectivity index (χ1v) is 5.71. The molecule has 1 aromatic heterocycles. The Balaban J connectivity index is 2.06. The van der Waals surface area contributed by atoms with Crippen molar-refractivity contribution in [1.82, 2.24) is 15.5 Å². The van der Waals surface area contributed by atoms with E-state index in [1.807, 2.05) is 13.0 Å². The maximum absolute atomic E-state index is 5.27. The molecule has 0 amide bonds. The summed E-state index contributed by atoms with van der Waals surface area (Å²) in [5.74, 6) is 0.916. The maximum atomic E-state index is 5.27. The second kappa shape index (κ2) is 3.89. The summed E-state index contributed by atoms with van der Waals surface area (Å²) in [7, 11) is 1.69. The number of aromatic nitrogens is 2. The molecule has 1 aliphatic rings. The molecule has 88 valence electrons. The van der Waals surface area contributed by atoms with Crippen molar-refractivity contribution in [3.8, 4) is 17.0 Å². The molecular weight excluding hydrogens is 214 g/mol. The molecule has 17 heavy (non-hydrogen) atoms. The molecule has 2 aromatic rings. The highest BCUT2D eigenvalue weighted by Crippen LogP contribution is 2.29. The van der Waals surface area contributed by atoms with Crippen molar-refractivity contribution in [2.24, 2.45) is 0 Å². The fraction of sp³-hybridized carbons (Fsp3) is 0.308. The number of fused-ring (bicyclic) bond motifs is 1. The molecule has 3 rings (SSSR count). The number of nitrogens with zero attached hydrogens (tertiary/aromatic N) is 1. The Labute approximate surface area is 100 Å². The first kappa shape index (κ1) is 10.4. The zero-order valence-electron chi connectivity index (χ0n) is 10.0. The lowest BCUT2D eigenvalue weighted by Crippen LogP contribution is -2.02. The summed E-state index contributed by atoms with van der Waals surface area (Å²) in [6.45, 7) is 3.83. The topological polar surface area (TPSA) is 49.9 Å². The van der Waals surface area contributed by atoms with Crippen molar-refractivity contribution < 1.29 is 4.74 Å². The highest BCUT2D eigenvalue weighted by Gasteiger charge is 2.19. The number of methoxy groups -OCH3 is 1. The fourth-order valence-corrected chi connectivity index (χ4v) is 2.31. The van der Waals surface area contributed by atoms with E-state index in [1.165, 1.54) is 11.3 Å². The molecule has 0 fully saturated rings. The van der Waals surface area contributed by atoms with Crippen LogP contribution in [0.1, 0.15) is 16.8 Å². The predicted octanol–water partition coefficient (Wildman–Crippen LogP) is 2.00. The third kappa shape index (κ3) is 1.61. The first-order chi connectivity index (χ1) is 8.29. The average molecular weight is 229 g/mol. The van der Waals surface area contributed by atoms with Crippen LogP contribution in [0.15, 0.2) is 18.2 Å². The van der Waals surface area contributed by atoms with E-state index >= 15 is 0 Å². The maximum Gasteiger partial charge on any atom is 0.121 e. The normalized spacial score (nSPS) is 13.8. The summed E-state index contributed by atoms with van der Waals surface area (Å²) in [6, 6.07) is 6.17. The monoisotopic (exact) mass is 229 g/mol. The molecule has 1 aliphatic heterocycles. The second-order valence-electron chi connectivity index (χ2n) is 4.32. The van der Waals surface area contributed by atoms with Crippen LogP contribution in [-0.4, -0.2) is 17.3 Å². The summed E-state index contributed by atoms with van der Waals surface area (Å²) in [4.78, 5) is 0. The molecule has 0 spiro atoms. The third-order valence-electron chi connectivity index (χ3n) is 3.22. The van der Waals surface area contributed by atoms with E-state index in [2.05, 4.69) is 27.6 Å². The molecule has 1 aromatic carbocycles. The van der Waals surface area contributed by atoms with E-state index in [0.29, 0.717) is 0 Å². The summed E-state index contributed by atoms with van der Waals surface area (Å²) in [5.41, 5.74) is 5.82. The minimum atomic E-state index is 0.886. The first-order valence-electron chi connectivity index (χ1n) is 5.71. The quantitative estimate of drug-likeness (QED) is 0.828. The van der Waals surface area contributed by atoms with Gasteiger partial charge in [0.1, 0.15) is 5.75 Å². The number of ether oxygens (including phenoxy) is 1. The van der Waals surface area contributed by atoms with E-state index in [9.17, 15) is 0 Å². The molecule has 0 saturated heterocycles. The van der Waals surface area contributed by atoms with Gasteiger partial charge in [0, 0.05) is 24.2 Å². The lowest BCUT2D eigenvalue weighted by Gasteiger charge is -2.06. The SMILES string of the molecule is COc1ccc(-c2n[nH]c3c2CNC3)cc1C. The van der Waals surface area contributed by atoms with Crippen LogP contribution >= 0.6 is 0 Å².